The zero-order chi connectivity index (χ0) is 13.8. The van der Waals surface area contributed by atoms with Crippen LogP contribution in [-0.2, 0) is 4.74 Å². The number of nitrogens with zero attached hydrogens (tertiary/aromatic N) is 1. The molecular weight excluding hydrogens is 271 g/mol. The van der Waals surface area contributed by atoms with Crippen molar-refractivity contribution in [1.82, 2.24) is 0 Å². The van der Waals surface area contributed by atoms with Crippen molar-refractivity contribution in [3.63, 3.8) is 0 Å². The van der Waals surface area contributed by atoms with Crippen LogP contribution in [0.4, 0.5) is 4.39 Å². The lowest BCUT2D eigenvalue weighted by Gasteiger charge is -2.19. The highest BCUT2D eigenvalue weighted by Crippen LogP contribution is 2.24. The van der Waals surface area contributed by atoms with Gasteiger partial charge in [0.05, 0.1) is 6.04 Å². The molecule has 0 aromatic heterocycles. The fraction of sp³-hybridized carbons (Fsp3) is 0.462. The molecule has 0 spiro atoms. The van der Waals surface area contributed by atoms with E-state index in [0.717, 1.165) is 6.42 Å². The Bertz CT molecular complexity index is 482. The summed E-state index contributed by atoms with van der Waals surface area (Å²) in [6, 6.07) is 4.54. The molecule has 0 saturated carbocycles. The molecule has 2 N–H and O–H groups in total. The van der Waals surface area contributed by atoms with E-state index in [0.29, 0.717) is 18.1 Å². The number of aliphatic imine (C=N–C) groups is 1. The maximum absolute atomic E-state index is 13.6. The number of benzene rings is 1. The highest BCUT2D eigenvalue weighted by Gasteiger charge is 2.22. The molecule has 4 nitrogen and oxygen atoms in total. The molecule has 0 bridgehead atoms. The standard InChI is InChI=1S/C13H16ClFN2O2/c1-2-10(6-9-7-18-13(16)17-9)19-12-4-3-8(14)5-11(12)15/h3-5,9-10H,2,6-7H2,1H3,(H2,16,17)/t9-,10-/m0/s1. The molecule has 104 valence electrons. The molecule has 0 aliphatic carbocycles. The van der Waals surface area contributed by atoms with Gasteiger partial charge in [0.1, 0.15) is 12.7 Å². The molecule has 0 fully saturated rings. The van der Waals surface area contributed by atoms with Crippen molar-refractivity contribution in [3.05, 3.63) is 29.0 Å². The highest BCUT2D eigenvalue weighted by atomic mass is 35.5. The predicted molar refractivity (Wildman–Crippen MR) is 72.1 cm³/mol. The Hall–Kier alpha value is -1.49. The number of halogens is 2. The number of nitrogens with two attached hydrogens (primary N) is 1. The van der Waals surface area contributed by atoms with Crippen molar-refractivity contribution in [1.29, 1.82) is 0 Å². The van der Waals surface area contributed by atoms with Crippen LogP contribution in [-0.4, -0.2) is 24.8 Å². The molecule has 0 unspecified atom stereocenters. The van der Waals surface area contributed by atoms with Crippen molar-refractivity contribution in [2.45, 2.75) is 31.9 Å². The second-order valence-corrected chi connectivity index (χ2v) is 4.83. The second kappa shape index (κ2) is 6.10. The van der Waals surface area contributed by atoms with Gasteiger partial charge in [0.15, 0.2) is 11.6 Å². The Morgan fingerprint density at radius 3 is 3.00 bits per heavy atom. The normalized spacial score (nSPS) is 19.7. The molecule has 19 heavy (non-hydrogen) atoms. The molecule has 6 heteroatoms. The van der Waals surface area contributed by atoms with E-state index >= 15 is 0 Å². The second-order valence-electron chi connectivity index (χ2n) is 4.39. The third-order valence-electron chi connectivity index (χ3n) is 2.91. The largest absolute Gasteiger partial charge is 0.487 e. The first kappa shape index (κ1) is 13.9. The van der Waals surface area contributed by atoms with E-state index in [9.17, 15) is 4.39 Å². The summed E-state index contributed by atoms with van der Waals surface area (Å²) in [5, 5.41) is 0.347. The van der Waals surface area contributed by atoms with Crippen LogP contribution < -0.4 is 10.5 Å². The van der Waals surface area contributed by atoms with E-state index in [2.05, 4.69) is 4.99 Å². The zero-order valence-electron chi connectivity index (χ0n) is 10.6. The smallest absolute Gasteiger partial charge is 0.282 e. The van der Waals surface area contributed by atoms with Gasteiger partial charge in [-0.25, -0.2) is 9.38 Å². The summed E-state index contributed by atoms with van der Waals surface area (Å²) >= 11 is 5.70. The molecule has 1 aliphatic heterocycles. The lowest BCUT2D eigenvalue weighted by atomic mass is 10.1. The number of rotatable bonds is 5. The highest BCUT2D eigenvalue weighted by molar-refractivity contribution is 6.30. The van der Waals surface area contributed by atoms with Crippen LogP contribution in [0.3, 0.4) is 0 Å². The third-order valence-corrected chi connectivity index (χ3v) is 3.15. The van der Waals surface area contributed by atoms with Gasteiger partial charge in [0.2, 0.25) is 0 Å². The first-order valence-electron chi connectivity index (χ1n) is 6.16. The monoisotopic (exact) mass is 286 g/mol. The Morgan fingerprint density at radius 2 is 2.42 bits per heavy atom. The fourth-order valence-corrected chi connectivity index (χ4v) is 2.07. The van der Waals surface area contributed by atoms with E-state index < -0.39 is 5.82 Å². The van der Waals surface area contributed by atoms with Gasteiger partial charge < -0.3 is 15.2 Å². The van der Waals surface area contributed by atoms with Crippen molar-refractivity contribution < 1.29 is 13.9 Å². The van der Waals surface area contributed by atoms with Gasteiger partial charge in [-0.2, -0.15) is 0 Å². The lowest BCUT2D eigenvalue weighted by Crippen LogP contribution is -2.23. The number of ether oxygens (including phenoxy) is 2. The number of amidine groups is 1. The van der Waals surface area contributed by atoms with Crippen LogP contribution in [0.15, 0.2) is 23.2 Å². The molecule has 1 aromatic carbocycles. The molecular formula is C13H16ClFN2O2. The molecule has 0 radical (unpaired) electrons. The first-order valence-corrected chi connectivity index (χ1v) is 6.54. The van der Waals surface area contributed by atoms with Gasteiger partial charge in [-0.15, -0.1) is 0 Å². The van der Waals surface area contributed by atoms with Crippen LogP contribution in [0.1, 0.15) is 19.8 Å². The average molecular weight is 287 g/mol. The quantitative estimate of drug-likeness (QED) is 0.905. The predicted octanol–water partition coefficient (Wildman–Crippen LogP) is 2.74. The van der Waals surface area contributed by atoms with E-state index in [1.807, 2.05) is 6.92 Å². The van der Waals surface area contributed by atoms with Crippen LogP contribution >= 0.6 is 11.6 Å². The minimum absolute atomic E-state index is 0.0275. The van der Waals surface area contributed by atoms with Gasteiger partial charge in [-0.05, 0) is 24.6 Å². The van der Waals surface area contributed by atoms with E-state index in [4.69, 9.17) is 26.8 Å². The third kappa shape index (κ3) is 3.73. The number of hydrogen-bond acceptors (Lipinski definition) is 4. The van der Waals surface area contributed by atoms with E-state index in [1.54, 1.807) is 6.07 Å². The van der Waals surface area contributed by atoms with Crippen LogP contribution in [0, 0.1) is 5.82 Å². The Labute approximate surface area is 116 Å². The minimum atomic E-state index is -0.461. The Morgan fingerprint density at radius 1 is 1.63 bits per heavy atom. The van der Waals surface area contributed by atoms with Gasteiger partial charge in [0.25, 0.3) is 6.02 Å². The maximum Gasteiger partial charge on any atom is 0.282 e. The van der Waals surface area contributed by atoms with Gasteiger partial charge in [0, 0.05) is 11.4 Å². The molecule has 2 rings (SSSR count). The SMILES string of the molecule is CC[C@@H](C[C@H]1COC(N)=N1)Oc1ccc(Cl)cc1F. The van der Waals surface area contributed by atoms with Crippen LogP contribution in [0.25, 0.3) is 0 Å². The topological polar surface area (TPSA) is 56.8 Å². The van der Waals surface area contributed by atoms with Crippen molar-refractivity contribution in [2.75, 3.05) is 6.61 Å². The van der Waals surface area contributed by atoms with Gasteiger partial charge in [-0.1, -0.05) is 18.5 Å². The summed E-state index contributed by atoms with van der Waals surface area (Å²) in [6.07, 6.45) is 1.24. The van der Waals surface area contributed by atoms with Gasteiger partial charge >= 0.3 is 0 Å². The number of hydrogen-bond donors (Lipinski definition) is 1. The molecule has 1 aliphatic rings. The molecule has 0 amide bonds. The van der Waals surface area contributed by atoms with E-state index in [1.165, 1.54) is 12.1 Å². The van der Waals surface area contributed by atoms with Crippen LogP contribution in [0.5, 0.6) is 5.75 Å². The average Bonchev–Trinajstić information content (AvgIpc) is 2.77. The zero-order valence-corrected chi connectivity index (χ0v) is 11.4. The molecule has 1 heterocycles. The van der Waals surface area contributed by atoms with Crippen molar-refractivity contribution >= 4 is 17.6 Å². The molecule has 0 saturated heterocycles. The summed E-state index contributed by atoms with van der Waals surface area (Å²) in [5.41, 5.74) is 5.45. The van der Waals surface area contributed by atoms with Gasteiger partial charge in [-0.3, -0.25) is 0 Å². The first-order chi connectivity index (χ1) is 9.08. The molecule has 2 atom stereocenters. The summed E-state index contributed by atoms with van der Waals surface area (Å²) in [4.78, 5) is 4.13. The van der Waals surface area contributed by atoms with Crippen molar-refractivity contribution in [2.24, 2.45) is 10.7 Å². The molecule has 1 aromatic rings. The van der Waals surface area contributed by atoms with Crippen molar-refractivity contribution in [3.8, 4) is 5.75 Å². The summed E-state index contributed by atoms with van der Waals surface area (Å²) in [6.45, 7) is 2.43. The lowest BCUT2D eigenvalue weighted by molar-refractivity contribution is 0.162. The fourth-order valence-electron chi connectivity index (χ4n) is 1.91. The summed E-state index contributed by atoms with van der Waals surface area (Å²) in [5.74, 6) is -0.260. The summed E-state index contributed by atoms with van der Waals surface area (Å²) < 4.78 is 24.4. The Kier molecular flexibility index (Phi) is 4.47. The summed E-state index contributed by atoms with van der Waals surface area (Å²) in [7, 11) is 0. The Balaban J connectivity index is 1.98. The van der Waals surface area contributed by atoms with E-state index in [-0.39, 0.29) is 23.9 Å². The minimum Gasteiger partial charge on any atom is -0.487 e. The van der Waals surface area contributed by atoms with Crippen LogP contribution in [0.2, 0.25) is 5.02 Å². The maximum atomic E-state index is 13.6.